The molecular weight excluding hydrogens is 180 g/mol. The molecule has 4 nitrogen and oxygen atoms in total. The first-order chi connectivity index (χ1) is 5.63. The maximum Gasteiger partial charge on any atom is 0.271 e. The van der Waals surface area contributed by atoms with Gasteiger partial charge in [-0.3, -0.25) is 10.1 Å². The second-order valence-corrected chi connectivity index (χ2v) is 2.72. The molecule has 2 N–H and O–H groups in total. The van der Waals surface area contributed by atoms with E-state index < -0.39 is 4.92 Å². The molecule has 1 rings (SSSR count). The van der Waals surface area contributed by atoms with Crippen molar-refractivity contribution in [1.82, 2.24) is 0 Å². The molecule has 0 amide bonds. The third-order valence-corrected chi connectivity index (χ3v) is 1.61. The lowest BCUT2D eigenvalue weighted by atomic mass is 10.2. The number of hydrogen-bond acceptors (Lipinski definition) is 3. The largest absolute Gasteiger partial charge is 0.326 e. The zero-order chi connectivity index (χ0) is 9.14. The van der Waals surface area contributed by atoms with Crippen molar-refractivity contribution >= 4 is 17.3 Å². The van der Waals surface area contributed by atoms with E-state index in [4.69, 9.17) is 17.3 Å². The van der Waals surface area contributed by atoms with E-state index in [1.807, 2.05) is 0 Å². The van der Waals surface area contributed by atoms with Crippen LogP contribution in [0.3, 0.4) is 0 Å². The molecule has 0 radical (unpaired) electrons. The minimum absolute atomic E-state index is 0.0250. The highest BCUT2D eigenvalue weighted by atomic mass is 35.5. The minimum Gasteiger partial charge on any atom is -0.326 e. The van der Waals surface area contributed by atoms with Gasteiger partial charge in [0.1, 0.15) is 0 Å². The van der Waals surface area contributed by atoms with Gasteiger partial charge in [0.2, 0.25) is 0 Å². The number of benzene rings is 1. The van der Waals surface area contributed by atoms with E-state index >= 15 is 0 Å². The second-order valence-electron chi connectivity index (χ2n) is 2.28. The van der Waals surface area contributed by atoms with Gasteiger partial charge in [-0.1, -0.05) is 11.6 Å². The standard InChI is InChI=1S/C7H7ClN2O2/c8-6-1-5(4-9)2-7(3-6)10(11)12/h1-3H,4,9H2. The first-order valence-corrected chi connectivity index (χ1v) is 3.65. The molecule has 0 aliphatic carbocycles. The third kappa shape index (κ3) is 1.93. The summed E-state index contributed by atoms with van der Waals surface area (Å²) < 4.78 is 0. The summed E-state index contributed by atoms with van der Waals surface area (Å²) in [6, 6.07) is 4.31. The van der Waals surface area contributed by atoms with E-state index in [1.54, 1.807) is 6.07 Å². The van der Waals surface area contributed by atoms with Gasteiger partial charge in [-0.2, -0.15) is 0 Å². The van der Waals surface area contributed by atoms with Crippen LogP contribution < -0.4 is 5.73 Å². The number of rotatable bonds is 2. The molecule has 1 aromatic rings. The van der Waals surface area contributed by atoms with Gasteiger partial charge in [-0.25, -0.2) is 0 Å². The predicted octanol–water partition coefficient (Wildman–Crippen LogP) is 1.71. The molecule has 0 atom stereocenters. The van der Waals surface area contributed by atoms with E-state index in [2.05, 4.69) is 0 Å². The fourth-order valence-corrected chi connectivity index (χ4v) is 1.11. The van der Waals surface area contributed by atoms with Gasteiger partial charge in [-0.15, -0.1) is 0 Å². The molecule has 0 spiro atoms. The Morgan fingerprint density at radius 3 is 2.67 bits per heavy atom. The number of non-ortho nitro benzene ring substituents is 1. The van der Waals surface area contributed by atoms with E-state index in [-0.39, 0.29) is 12.2 Å². The highest BCUT2D eigenvalue weighted by Crippen LogP contribution is 2.20. The number of nitrogens with two attached hydrogens (primary N) is 1. The summed E-state index contributed by atoms with van der Waals surface area (Å²) in [5.41, 5.74) is 5.94. The number of hydrogen-bond donors (Lipinski definition) is 1. The molecule has 0 bridgehead atoms. The normalized spacial score (nSPS) is 9.83. The van der Waals surface area contributed by atoms with Gasteiger partial charge in [-0.05, 0) is 11.6 Å². The lowest BCUT2D eigenvalue weighted by Crippen LogP contribution is -1.97. The SMILES string of the molecule is NCc1cc(Cl)cc([N+](=O)[O-])c1. The fourth-order valence-electron chi connectivity index (χ4n) is 0.857. The zero-order valence-corrected chi connectivity index (χ0v) is 6.91. The van der Waals surface area contributed by atoms with Crippen LogP contribution in [0.15, 0.2) is 18.2 Å². The topological polar surface area (TPSA) is 69.2 Å². The molecule has 64 valence electrons. The molecule has 0 fully saturated rings. The number of nitro groups is 1. The minimum atomic E-state index is -0.495. The second kappa shape index (κ2) is 3.51. The Hall–Kier alpha value is -1.13. The van der Waals surface area contributed by atoms with Crippen LogP contribution in [0.2, 0.25) is 5.02 Å². The van der Waals surface area contributed by atoms with Gasteiger partial charge in [0.05, 0.1) is 4.92 Å². The average Bonchev–Trinajstić information content (AvgIpc) is 2.03. The van der Waals surface area contributed by atoms with Crippen LogP contribution in [0.5, 0.6) is 0 Å². The summed E-state index contributed by atoms with van der Waals surface area (Å²) in [7, 11) is 0. The van der Waals surface area contributed by atoms with Crippen molar-refractivity contribution in [3.63, 3.8) is 0 Å². The molecule has 12 heavy (non-hydrogen) atoms. The number of nitrogens with zero attached hydrogens (tertiary/aromatic N) is 1. The van der Waals surface area contributed by atoms with Crippen LogP contribution in [-0.4, -0.2) is 4.92 Å². The molecule has 0 unspecified atom stereocenters. The highest BCUT2D eigenvalue weighted by Gasteiger charge is 2.07. The van der Waals surface area contributed by atoms with E-state index in [1.165, 1.54) is 12.1 Å². The monoisotopic (exact) mass is 186 g/mol. The smallest absolute Gasteiger partial charge is 0.271 e. The van der Waals surface area contributed by atoms with Gasteiger partial charge in [0, 0.05) is 23.7 Å². The first-order valence-electron chi connectivity index (χ1n) is 3.27. The molecule has 0 heterocycles. The van der Waals surface area contributed by atoms with Crippen LogP contribution in [0.1, 0.15) is 5.56 Å². The summed E-state index contributed by atoms with van der Waals surface area (Å²) in [5, 5.41) is 10.7. The Bertz CT molecular complexity index is 314. The summed E-state index contributed by atoms with van der Waals surface area (Å²) >= 11 is 5.61. The van der Waals surface area contributed by atoms with Crippen molar-refractivity contribution in [3.05, 3.63) is 38.9 Å². The molecule has 0 aliphatic heterocycles. The van der Waals surface area contributed by atoms with E-state index in [9.17, 15) is 10.1 Å². The Morgan fingerprint density at radius 2 is 2.17 bits per heavy atom. The Labute approximate surface area is 74.1 Å². The van der Waals surface area contributed by atoms with Crippen LogP contribution in [0.25, 0.3) is 0 Å². The van der Waals surface area contributed by atoms with Gasteiger partial charge >= 0.3 is 0 Å². The molecule has 0 saturated carbocycles. The van der Waals surface area contributed by atoms with Gasteiger partial charge in [0.15, 0.2) is 0 Å². The van der Waals surface area contributed by atoms with Crippen LogP contribution in [-0.2, 0) is 6.54 Å². The molecular formula is C7H7ClN2O2. The van der Waals surface area contributed by atoms with Gasteiger partial charge < -0.3 is 5.73 Å². The van der Waals surface area contributed by atoms with Crippen molar-refractivity contribution in [1.29, 1.82) is 0 Å². The van der Waals surface area contributed by atoms with Gasteiger partial charge in [0.25, 0.3) is 5.69 Å². The predicted molar refractivity (Wildman–Crippen MR) is 46.0 cm³/mol. The number of nitro benzene ring substituents is 1. The van der Waals surface area contributed by atoms with E-state index in [0.717, 1.165) is 0 Å². The fraction of sp³-hybridized carbons (Fsp3) is 0.143. The Morgan fingerprint density at radius 1 is 1.50 bits per heavy atom. The van der Waals surface area contributed by atoms with Crippen molar-refractivity contribution in [2.45, 2.75) is 6.54 Å². The maximum atomic E-state index is 10.3. The van der Waals surface area contributed by atoms with Crippen LogP contribution in [0, 0.1) is 10.1 Å². The number of halogens is 1. The maximum absolute atomic E-state index is 10.3. The first kappa shape index (κ1) is 8.96. The molecule has 0 saturated heterocycles. The van der Waals surface area contributed by atoms with Crippen molar-refractivity contribution < 1.29 is 4.92 Å². The Balaban J connectivity index is 3.15. The van der Waals surface area contributed by atoms with E-state index in [0.29, 0.717) is 10.6 Å². The summed E-state index contributed by atoms with van der Waals surface area (Å²) in [6.07, 6.45) is 0. The lowest BCUT2D eigenvalue weighted by Gasteiger charge is -1.97. The third-order valence-electron chi connectivity index (χ3n) is 1.39. The summed E-state index contributed by atoms with van der Waals surface area (Å²) in [6.45, 7) is 0.251. The van der Waals surface area contributed by atoms with Crippen LogP contribution in [0.4, 0.5) is 5.69 Å². The quantitative estimate of drug-likeness (QED) is 0.565. The molecule has 0 aliphatic rings. The van der Waals surface area contributed by atoms with Crippen molar-refractivity contribution in [2.75, 3.05) is 0 Å². The average molecular weight is 187 g/mol. The summed E-state index contributed by atoms with van der Waals surface area (Å²) in [5.74, 6) is 0. The highest BCUT2D eigenvalue weighted by molar-refractivity contribution is 6.30. The molecule has 0 aromatic heterocycles. The van der Waals surface area contributed by atoms with Crippen molar-refractivity contribution in [3.8, 4) is 0 Å². The summed E-state index contributed by atoms with van der Waals surface area (Å²) in [4.78, 5) is 9.83. The molecule has 1 aromatic carbocycles. The zero-order valence-electron chi connectivity index (χ0n) is 6.16. The van der Waals surface area contributed by atoms with Crippen LogP contribution >= 0.6 is 11.6 Å². The Kier molecular flexibility index (Phi) is 2.62. The molecule has 5 heteroatoms. The van der Waals surface area contributed by atoms with Crippen molar-refractivity contribution in [2.24, 2.45) is 5.73 Å². The lowest BCUT2D eigenvalue weighted by molar-refractivity contribution is -0.384.